The standard InChI is InChI=1S/C33H39N5O5/c1-33(2,18-42-22-13-14-27-26(32(40)41)16-35-37(27)17-22)43-28-15-25(28)30(20-7-8-20)38-31(39)24-6-4-3-5-23(24)29(36-38)19-9-11-21(34)12-10-19/h3-6,13-14,16-17,19-21,25,28,30H,7-12,15,18,34H2,1-2H3,(H,40,41). The number of rotatable bonds is 10. The van der Waals surface area contributed by atoms with Gasteiger partial charge in [0.15, 0.2) is 0 Å². The van der Waals surface area contributed by atoms with Crippen molar-refractivity contribution in [1.82, 2.24) is 19.4 Å². The molecule has 7 rings (SSSR count). The first-order chi connectivity index (χ1) is 20.7. The second-order valence-corrected chi connectivity index (χ2v) is 13.3. The van der Waals surface area contributed by atoms with E-state index in [9.17, 15) is 14.7 Å². The van der Waals surface area contributed by atoms with Gasteiger partial charge in [-0.3, -0.25) is 4.79 Å². The molecule has 3 aliphatic carbocycles. The van der Waals surface area contributed by atoms with E-state index in [0.717, 1.165) is 61.4 Å². The lowest BCUT2D eigenvalue weighted by Gasteiger charge is -2.29. The minimum Gasteiger partial charge on any atom is -0.489 e. The van der Waals surface area contributed by atoms with E-state index in [1.54, 1.807) is 18.3 Å². The highest BCUT2D eigenvalue weighted by Gasteiger charge is 2.53. The maximum Gasteiger partial charge on any atom is 0.339 e. The number of hydrogen-bond donors (Lipinski definition) is 2. The quantitative estimate of drug-likeness (QED) is 0.267. The Hall–Kier alpha value is -3.76. The Labute approximate surface area is 249 Å². The number of nitrogens with zero attached hydrogens (tertiary/aromatic N) is 4. The molecule has 3 aromatic heterocycles. The molecule has 3 fully saturated rings. The molecular formula is C33H39N5O5. The Balaban J connectivity index is 1.08. The van der Waals surface area contributed by atoms with Gasteiger partial charge in [0, 0.05) is 23.3 Å². The molecule has 0 saturated heterocycles. The molecule has 1 aromatic carbocycles. The van der Waals surface area contributed by atoms with Gasteiger partial charge in [-0.2, -0.15) is 10.2 Å². The number of pyridine rings is 1. The van der Waals surface area contributed by atoms with Crippen molar-refractivity contribution in [3.05, 3.63) is 70.4 Å². The molecule has 3 atom stereocenters. The zero-order valence-corrected chi connectivity index (χ0v) is 24.7. The number of nitrogens with two attached hydrogens (primary N) is 1. The van der Waals surface area contributed by atoms with E-state index in [4.69, 9.17) is 20.3 Å². The van der Waals surface area contributed by atoms with Crippen molar-refractivity contribution in [2.45, 2.75) is 88.5 Å². The van der Waals surface area contributed by atoms with Gasteiger partial charge in [-0.1, -0.05) is 18.2 Å². The lowest BCUT2D eigenvalue weighted by molar-refractivity contribution is -0.0649. The lowest BCUT2D eigenvalue weighted by atomic mass is 9.83. The van der Waals surface area contributed by atoms with Crippen LogP contribution in [-0.2, 0) is 4.74 Å². The van der Waals surface area contributed by atoms with Crippen molar-refractivity contribution in [2.24, 2.45) is 17.6 Å². The largest absolute Gasteiger partial charge is 0.489 e. The third kappa shape index (κ3) is 5.54. The van der Waals surface area contributed by atoms with Crippen LogP contribution in [0.3, 0.4) is 0 Å². The summed E-state index contributed by atoms with van der Waals surface area (Å²) in [5.74, 6) is 0.540. The van der Waals surface area contributed by atoms with Crippen molar-refractivity contribution in [3.8, 4) is 5.75 Å². The predicted molar refractivity (Wildman–Crippen MR) is 162 cm³/mol. The van der Waals surface area contributed by atoms with Crippen LogP contribution in [-0.4, -0.2) is 54.8 Å². The number of fused-ring (bicyclic) bond motifs is 2. The topological polar surface area (TPSA) is 134 Å². The van der Waals surface area contributed by atoms with Crippen LogP contribution in [0, 0.1) is 11.8 Å². The van der Waals surface area contributed by atoms with Gasteiger partial charge < -0.3 is 20.3 Å². The van der Waals surface area contributed by atoms with Crippen LogP contribution >= 0.6 is 0 Å². The molecule has 0 amide bonds. The van der Waals surface area contributed by atoms with Gasteiger partial charge in [0.1, 0.15) is 17.9 Å². The Morgan fingerprint density at radius 2 is 1.84 bits per heavy atom. The molecule has 3 N–H and O–H groups in total. The summed E-state index contributed by atoms with van der Waals surface area (Å²) in [5, 5.41) is 20.4. The van der Waals surface area contributed by atoms with E-state index in [1.165, 1.54) is 10.7 Å². The molecule has 0 radical (unpaired) electrons. The van der Waals surface area contributed by atoms with E-state index in [1.807, 2.05) is 42.8 Å². The summed E-state index contributed by atoms with van der Waals surface area (Å²) >= 11 is 0. The summed E-state index contributed by atoms with van der Waals surface area (Å²) in [7, 11) is 0. The third-order valence-electron chi connectivity index (χ3n) is 9.40. The number of hydrogen-bond acceptors (Lipinski definition) is 7. The monoisotopic (exact) mass is 585 g/mol. The Bertz CT molecular complexity index is 1730. The summed E-state index contributed by atoms with van der Waals surface area (Å²) < 4.78 is 16.0. The highest BCUT2D eigenvalue weighted by atomic mass is 16.6. The minimum atomic E-state index is -1.02. The van der Waals surface area contributed by atoms with Crippen LogP contribution in [0.5, 0.6) is 5.75 Å². The summed E-state index contributed by atoms with van der Waals surface area (Å²) in [6.07, 6.45) is 10.1. The predicted octanol–water partition coefficient (Wildman–Crippen LogP) is 4.94. The summed E-state index contributed by atoms with van der Waals surface area (Å²) in [6, 6.07) is 11.7. The lowest BCUT2D eigenvalue weighted by Crippen LogP contribution is -2.36. The Kier molecular flexibility index (Phi) is 7.01. The fourth-order valence-corrected chi connectivity index (χ4v) is 6.90. The van der Waals surface area contributed by atoms with E-state index < -0.39 is 11.6 Å². The number of carboxylic acids is 1. The average Bonchev–Trinajstić information content (AvgIpc) is 3.92. The van der Waals surface area contributed by atoms with Gasteiger partial charge in [-0.05, 0) is 82.9 Å². The Morgan fingerprint density at radius 1 is 1.09 bits per heavy atom. The zero-order chi connectivity index (χ0) is 29.9. The molecule has 226 valence electrons. The summed E-state index contributed by atoms with van der Waals surface area (Å²) in [6.45, 7) is 4.33. The first-order valence-electron chi connectivity index (χ1n) is 15.5. The highest BCUT2D eigenvalue weighted by Crippen LogP contribution is 2.53. The van der Waals surface area contributed by atoms with Crippen LogP contribution in [0.4, 0.5) is 0 Å². The molecule has 0 aliphatic heterocycles. The number of carbonyl (C=O) groups is 1. The zero-order valence-electron chi connectivity index (χ0n) is 24.7. The second-order valence-electron chi connectivity index (χ2n) is 13.3. The van der Waals surface area contributed by atoms with Gasteiger partial charge in [-0.25, -0.2) is 14.0 Å². The number of ether oxygens (including phenoxy) is 2. The van der Waals surface area contributed by atoms with Gasteiger partial charge >= 0.3 is 5.97 Å². The van der Waals surface area contributed by atoms with Crippen molar-refractivity contribution in [3.63, 3.8) is 0 Å². The molecule has 10 heteroatoms. The average molecular weight is 586 g/mol. The molecule has 4 aromatic rings. The molecule has 0 bridgehead atoms. The normalized spacial score (nSPS) is 24.7. The third-order valence-corrected chi connectivity index (χ3v) is 9.40. The molecular weight excluding hydrogens is 546 g/mol. The van der Waals surface area contributed by atoms with E-state index in [2.05, 4.69) is 5.10 Å². The number of aromatic nitrogens is 4. The second kappa shape index (κ2) is 10.7. The smallest absolute Gasteiger partial charge is 0.339 e. The van der Waals surface area contributed by atoms with Gasteiger partial charge in [0.25, 0.3) is 5.56 Å². The number of aromatic carboxylic acids is 1. The van der Waals surface area contributed by atoms with Crippen LogP contribution in [0.2, 0.25) is 0 Å². The summed E-state index contributed by atoms with van der Waals surface area (Å²) in [4.78, 5) is 25.3. The van der Waals surface area contributed by atoms with Gasteiger partial charge in [0.2, 0.25) is 0 Å². The van der Waals surface area contributed by atoms with Gasteiger partial charge in [-0.15, -0.1) is 0 Å². The molecule has 0 spiro atoms. The Morgan fingerprint density at radius 3 is 2.56 bits per heavy atom. The van der Waals surface area contributed by atoms with Gasteiger partial charge in [0.05, 0.1) is 46.7 Å². The molecule has 43 heavy (non-hydrogen) atoms. The van der Waals surface area contributed by atoms with Crippen molar-refractivity contribution >= 4 is 22.3 Å². The number of carboxylic acid groups (broad SMARTS) is 1. The molecule has 3 saturated carbocycles. The SMILES string of the molecule is CC(C)(COc1ccc2c(C(=O)O)cnn2c1)OC1CC1C(C1CC1)n1nc(C2CCC(N)CC2)c2ccccc2c1=O. The van der Waals surface area contributed by atoms with E-state index in [-0.39, 0.29) is 35.2 Å². The van der Waals surface area contributed by atoms with Crippen molar-refractivity contribution < 1.29 is 19.4 Å². The fourth-order valence-electron chi connectivity index (χ4n) is 6.90. The maximum atomic E-state index is 13.9. The molecule has 10 nitrogen and oxygen atoms in total. The first kappa shape index (κ1) is 28.0. The fraction of sp³-hybridized carbons (Fsp3) is 0.515. The summed E-state index contributed by atoms with van der Waals surface area (Å²) in [5.41, 5.74) is 7.34. The van der Waals surface area contributed by atoms with Crippen LogP contribution in [0.25, 0.3) is 16.3 Å². The molecule has 3 unspecified atom stereocenters. The van der Waals surface area contributed by atoms with E-state index >= 15 is 0 Å². The molecule has 3 aliphatic rings. The van der Waals surface area contributed by atoms with Crippen molar-refractivity contribution in [1.29, 1.82) is 0 Å². The molecule has 3 heterocycles. The van der Waals surface area contributed by atoms with Crippen LogP contribution in [0.15, 0.2) is 53.6 Å². The van der Waals surface area contributed by atoms with Crippen LogP contribution in [0.1, 0.15) is 86.8 Å². The first-order valence-corrected chi connectivity index (χ1v) is 15.5. The number of benzene rings is 1. The highest BCUT2D eigenvalue weighted by molar-refractivity contribution is 5.95. The van der Waals surface area contributed by atoms with E-state index in [0.29, 0.717) is 29.7 Å². The van der Waals surface area contributed by atoms with Crippen molar-refractivity contribution in [2.75, 3.05) is 6.61 Å². The maximum absolute atomic E-state index is 13.9. The van der Waals surface area contributed by atoms with Crippen LogP contribution < -0.4 is 16.0 Å². The minimum absolute atomic E-state index is 0.00271.